The van der Waals surface area contributed by atoms with Crippen LogP contribution in [0.25, 0.3) is 5.69 Å². The molecule has 7 heteroatoms. The molecule has 0 unspecified atom stereocenters. The molecule has 0 saturated carbocycles. The Morgan fingerprint density at radius 1 is 1.29 bits per heavy atom. The summed E-state index contributed by atoms with van der Waals surface area (Å²) in [7, 11) is 1.63. The number of anilines is 1. The van der Waals surface area contributed by atoms with Gasteiger partial charge in [-0.05, 0) is 12.1 Å². The molecule has 1 N–H and O–H groups in total. The molecule has 2 rings (SSSR count). The fourth-order valence-electron chi connectivity index (χ4n) is 1.33. The minimum absolute atomic E-state index is 0.245. The van der Waals surface area contributed by atoms with Crippen LogP contribution in [-0.2, 0) is 0 Å². The Labute approximate surface area is 107 Å². The van der Waals surface area contributed by atoms with E-state index in [-0.39, 0.29) is 5.95 Å². The Kier molecular flexibility index (Phi) is 3.31. The van der Waals surface area contributed by atoms with E-state index < -0.39 is 5.69 Å². The van der Waals surface area contributed by atoms with Crippen molar-refractivity contribution in [1.29, 1.82) is 0 Å². The molecule has 17 heavy (non-hydrogen) atoms. The van der Waals surface area contributed by atoms with E-state index >= 15 is 0 Å². The van der Waals surface area contributed by atoms with Gasteiger partial charge in [0.05, 0.1) is 15.7 Å². The summed E-state index contributed by atoms with van der Waals surface area (Å²) >= 11 is 12.0. The largest absolute Gasteiger partial charge is 0.357 e. The molecular formula is C10H8Cl2N4O. The second kappa shape index (κ2) is 4.73. The number of hydrogen-bond acceptors (Lipinski definition) is 4. The zero-order chi connectivity index (χ0) is 12.4. The Morgan fingerprint density at radius 3 is 2.47 bits per heavy atom. The van der Waals surface area contributed by atoms with Crippen molar-refractivity contribution >= 4 is 29.2 Å². The number of nitrogens with one attached hydrogen (secondary N) is 1. The lowest BCUT2D eigenvalue weighted by atomic mass is 10.3. The fourth-order valence-corrected chi connectivity index (χ4v) is 1.91. The fraction of sp³-hybridized carbons (Fsp3) is 0.100. The van der Waals surface area contributed by atoms with Crippen LogP contribution in [0.5, 0.6) is 0 Å². The van der Waals surface area contributed by atoms with Crippen LogP contribution in [-0.4, -0.2) is 21.6 Å². The molecule has 2 aromatic rings. The van der Waals surface area contributed by atoms with Gasteiger partial charge in [-0.15, -0.1) is 0 Å². The van der Waals surface area contributed by atoms with Crippen molar-refractivity contribution in [3.8, 4) is 5.69 Å². The molecule has 5 nitrogen and oxygen atoms in total. The van der Waals surface area contributed by atoms with Crippen molar-refractivity contribution in [1.82, 2.24) is 14.5 Å². The highest BCUT2D eigenvalue weighted by molar-refractivity contribution is 6.37. The Bertz CT molecular complexity index is 591. The lowest BCUT2D eigenvalue weighted by molar-refractivity contribution is 0.863. The van der Waals surface area contributed by atoms with E-state index in [4.69, 9.17) is 23.2 Å². The van der Waals surface area contributed by atoms with E-state index in [1.54, 1.807) is 25.2 Å². The second-order valence-corrected chi connectivity index (χ2v) is 3.97. The zero-order valence-corrected chi connectivity index (χ0v) is 10.3. The first-order valence-corrected chi connectivity index (χ1v) is 5.47. The predicted molar refractivity (Wildman–Crippen MR) is 67.2 cm³/mol. The molecule has 0 saturated heterocycles. The molecule has 0 fully saturated rings. The van der Waals surface area contributed by atoms with Gasteiger partial charge in [-0.2, -0.15) is 4.98 Å². The summed E-state index contributed by atoms with van der Waals surface area (Å²) in [5.74, 6) is 0.245. The number of aromatic nitrogens is 3. The van der Waals surface area contributed by atoms with Gasteiger partial charge < -0.3 is 5.32 Å². The van der Waals surface area contributed by atoms with Gasteiger partial charge in [0.2, 0.25) is 5.95 Å². The third-order valence-corrected chi connectivity index (χ3v) is 2.72. The summed E-state index contributed by atoms with van der Waals surface area (Å²) in [5, 5.41) is 3.40. The van der Waals surface area contributed by atoms with E-state index in [9.17, 15) is 4.79 Å². The lowest BCUT2D eigenvalue weighted by Gasteiger charge is -2.08. The number of halogens is 2. The molecule has 0 amide bonds. The molecule has 0 aliphatic heterocycles. The van der Waals surface area contributed by atoms with Crippen LogP contribution in [0.1, 0.15) is 0 Å². The molecule has 1 heterocycles. The molecule has 0 atom stereocenters. The monoisotopic (exact) mass is 270 g/mol. The smallest absolute Gasteiger partial charge is 0.356 e. The van der Waals surface area contributed by atoms with Crippen LogP contribution in [0, 0.1) is 0 Å². The normalized spacial score (nSPS) is 10.3. The molecule has 1 aromatic carbocycles. The number of rotatable bonds is 2. The average Bonchev–Trinajstić information content (AvgIpc) is 2.30. The molecule has 0 aliphatic carbocycles. The summed E-state index contributed by atoms with van der Waals surface area (Å²) in [6.07, 6.45) is 1.33. The summed E-state index contributed by atoms with van der Waals surface area (Å²) in [5.41, 5.74) is -0.122. The van der Waals surface area contributed by atoms with E-state index in [1.165, 1.54) is 10.9 Å². The topological polar surface area (TPSA) is 59.8 Å². The van der Waals surface area contributed by atoms with Crippen LogP contribution in [0.3, 0.4) is 0 Å². The van der Waals surface area contributed by atoms with Gasteiger partial charge in [0, 0.05) is 7.05 Å². The Hall–Kier alpha value is -1.59. The van der Waals surface area contributed by atoms with Crippen LogP contribution in [0.15, 0.2) is 29.3 Å². The quantitative estimate of drug-likeness (QED) is 0.907. The number of hydrogen-bond donors (Lipinski definition) is 1. The average molecular weight is 271 g/mol. The molecule has 0 aliphatic rings. The minimum atomic E-state index is -0.501. The van der Waals surface area contributed by atoms with Crippen molar-refractivity contribution in [2.24, 2.45) is 0 Å². The first-order chi connectivity index (χ1) is 8.13. The van der Waals surface area contributed by atoms with Gasteiger partial charge in [-0.3, -0.25) is 0 Å². The molecule has 0 bridgehead atoms. The van der Waals surface area contributed by atoms with Crippen molar-refractivity contribution in [3.05, 3.63) is 45.1 Å². The zero-order valence-electron chi connectivity index (χ0n) is 8.82. The van der Waals surface area contributed by atoms with Crippen LogP contribution >= 0.6 is 23.2 Å². The standard InChI is InChI=1S/C10H8Cl2N4O/c1-13-9-14-5-16(10(17)15-9)8-6(11)3-2-4-7(8)12/h2-5H,1H3,(H,13,15,17). The van der Waals surface area contributed by atoms with Crippen molar-refractivity contribution in [2.45, 2.75) is 0 Å². The molecule has 0 spiro atoms. The van der Waals surface area contributed by atoms with Gasteiger partial charge in [0.25, 0.3) is 0 Å². The first-order valence-electron chi connectivity index (χ1n) is 4.71. The van der Waals surface area contributed by atoms with Gasteiger partial charge in [0.1, 0.15) is 6.33 Å². The Balaban J connectivity index is 2.65. The van der Waals surface area contributed by atoms with E-state index in [0.29, 0.717) is 15.7 Å². The van der Waals surface area contributed by atoms with Crippen LogP contribution in [0.2, 0.25) is 10.0 Å². The maximum atomic E-state index is 11.8. The summed E-state index contributed by atoms with van der Waals surface area (Å²) in [6.45, 7) is 0. The third kappa shape index (κ3) is 2.25. The van der Waals surface area contributed by atoms with Gasteiger partial charge in [0.15, 0.2) is 0 Å². The molecular weight excluding hydrogens is 263 g/mol. The highest BCUT2D eigenvalue weighted by Gasteiger charge is 2.10. The minimum Gasteiger partial charge on any atom is -0.357 e. The SMILES string of the molecule is CNc1ncn(-c2c(Cl)cccc2Cl)c(=O)n1. The Morgan fingerprint density at radius 2 is 1.94 bits per heavy atom. The van der Waals surface area contributed by atoms with Crippen molar-refractivity contribution < 1.29 is 0 Å². The highest BCUT2D eigenvalue weighted by atomic mass is 35.5. The van der Waals surface area contributed by atoms with Crippen LogP contribution in [0.4, 0.5) is 5.95 Å². The predicted octanol–water partition coefficient (Wildman–Crippen LogP) is 1.98. The van der Waals surface area contributed by atoms with Crippen molar-refractivity contribution in [3.63, 3.8) is 0 Å². The van der Waals surface area contributed by atoms with Gasteiger partial charge >= 0.3 is 5.69 Å². The summed E-state index contributed by atoms with van der Waals surface area (Å²) in [4.78, 5) is 19.4. The van der Waals surface area contributed by atoms with E-state index in [0.717, 1.165) is 0 Å². The molecule has 88 valence electrons. The van der Waals surface area contributed by atoms with E-state index in [1.807, 2.05) is 0 Å². The van der Waals surface area contributed by atoms with Gasteiger partial charge in [-0.1, -0.05) is 29.3 Å². The summed E-state index contributed by atoms with van der Waals surface area (Å²) < 4.78 is 1.20. The van der Waals surface area contributed by atoms with Crippen molar-refractivity contribution in [2.75, 3.05) is 12.4 Å². The molecule has 0 radical (unpaired) electrons. The van der Waals surface area contributed by atoms with Gasteiger partial charge in [-0.25, -0.2) is 14.3 Å². The third-order valence-electron chi connectivity index (χ3n) is 2.11. The van der Waals surface area contributed by atoms with E-state index in [2.05, 4.69) is 15.3 Å². The first kappa shape index (κ1) is 11.9. The van der Waals surface area contributed by atoms with Crippen LogP contribution < -0.4 is 11.0 Å². The second-order valence-electron chi connectivity index (χ2n) is 3.15. The number of para-hydroxylation sites is 1. The summed E-state index contributed by atoms with van der Waals surface area (Å²) in [6, 6.07) is 4.98. The lowest BCUT2D eigenvalue weighted by Crippen LogP contribution is -2.23. The maximum Gasteiger partial charge on any atom is 0.356 e. The highest BCUT2D eigenvalue weighted by Crippen LogP contribution is 2.26. The molecule has 1 aromatic heterocycles. The maximum absolute atomic E-state index is 11.8. The number of nitrogens with zero attached hydrogens (tertiary/aromatic N) is 3. The number of benzene rings is 1.